The number of nitriles is 1. The van der Waals surface area contributed by atoms with Crippen molar-refractivity contribution in [1.82, 2.24) is 4.98 Å². The molecule has 1 aromatic rings. The topological polar surface area (TPSA) is 53.8 Å². The normalized spacial score (nSPS) is 11.7. The Hall–Kier alpha value is -1.69. The van der Waals surface area contributed by atoms with Crippen LogP contribution in [-0.2, 0) is 0 Å². The second kappa shape index (κ2) is 4.36. The van der Waals surface area contributed by atoms with Gasteiger partial charge in [0.2, 0.25) is 0 Å². The van der Waals surface area contributed by atoms with Crippen molar-refractivity contribution in [1.29, 1.82) is 5.26 Å². The molecule has 66 valence electrons. The van der Waals surface area contributed by atoms with Gasteiger partial charge in [-0.2, -0.15) is 5.26 Å². The number of hydrogen-bond acceptors (Lipinski definition) is 3. The third-order valence-electron chi connectivity index (χ3n) is 1.83. The van der Waals surface area contributed by atoms with Crippen molar-refractivity contribution in [3.8, 4) is 6.07 Å². The first kappa shape index (κ1) is 9.40. The minimum atomic E-state index is -0.538. The highest BCUT2D eigenvalue weighted by Crippen LogP contribution is 2.09. The molecule has 0 saturated carbocycles. The molecule has 0 N–H and O–H groups in total. The van der Waals surface area contributed by atoms with E-state index in [2.05, 4.69) is 4.98 Å². The lowest BCUT2D eigenvalue weighted by molar-refractivity contribution is 0.0946. The quantitative estimate of drug-likeness (QED) is 0.656. The van der Waals surface area contributed by atoms with Crippen LogP contribution in [0.5, 0.6) is 0 Å². The Morgan fingerprint density at radius 3 is 3.00 bits per heavy atom. The fourth-order valence-electron chi connectivity index (χ4n) is 1.05. The zero-order chi connectivity index (χ0) is 9.68. The van der Waals surface area contributed by atoms with E-state index in [1.807, 2.05) is 13.0 Å². The molecule has 1 unspecified atom stereocenters. The summed E-state index contributed by atoms with van der Waals surface area (Å²) in [7, 11) is 0. The summed E-state index contributed by atoms with van der Waals surface area (Å²) < 4.78 is 0. The summed E-state index contributed by atoms with van der Waals surface area (Å²) in [5, 5.41) is 8.67. The minimum absolute atomic E-state index is 0.141. The van der Waals surface area contributed by atoms with Gasteiger partial charge in [-0.25, -0.2) is 0 Å². The van der Waals surface area contributed by atoms with E-state index in [-0.39, 0.29) is 5.78 Å². The Balaban J connectivity index is 2.86. The van der Waals surface area contributed by atoms with Crippen molar-refractivity contribution in [2.75, 3.05) is 0 Å². The Bertz CT molecular complexity index is 327. The summed E-state index contributed by atoms with van der Waals surface area (Å²) in [6, 6.07) is 5.34. The number of ketones is 1. The van der Waals surface area contributed by atoms with Gasteiger partial charge in [0.1, 0.15) is 5.92 Å². The van der Waals surface area contributed by atoms with Crippen molar-refractivity contribution in [3.63, 3.8) is 0 Å². The smallest absolute Gasteiger partial charge is 0.181 e. The molecular weight excluding hydrogens is 164 g/mol. The zero-order valence-electron chi connectivity index (χ0n) is 7.40. The molecule has 0 fully saturated rings. The molecule has 0 bridgehead atoms. The van der Waals surface area contributed by atoms with Gasteiger partial charge in [0.25, 0.3) is 0 Å². The monoisotopic (exact) mass is 174 g/mol. The van der Waals surface area contributed by atoms with Crippen molar-refractivity contribution >= 4 is 5.78 Å². The Labute approximate surface area is 77.0 Å². The molecule has 0 aliphatic carbocycles. The standard InChI is InChI=1S/C10H10N2O/c1-2-8(6-11)10(13)9-4-3-5-12-7-9/h3-5,7-8H,2H2,1H3. The highest BCUT2D eigenvalue weighted by Gasteiger charge is 2.16. The van der Waals surface area contributed by atoms with E-state index in [4.69, 9.17) is 5.26 Å². The molecule has 1 rings (SSSR count). The number of carbonyl (C=O) groups is 1. The van der Waals surface area contributed by atoms with Gasteiger partial charge in [-0.15, -0.1) is 0 Å². The van der Waals surface area contributed by atoms with Gasteiger partial charge < -0.3 is 0 Å². The average molecular weight is 174 g/mol. The predicted octanol–water partition coefficient (Wildman–Crippen LogP) is 1.81. The van der Waals surface area contributed by atoms with Gasteiger partial charge in [-0.05, 0) is 18.6 Å². The Kier molecular flexibility index (Phi) is 3.15. The molecule has 1 aromatic heterocycles. The van der Waals surface area contributed by atoms with E-state index >= 15 is 0 Å². The van der Waals surface area contributed by atoms with E-state index in [1.54, 1.807) is 18.3 Å². The summed E-state index contributed by atoms with van der Waals surface area (Å²) in [4.78, 5) is 15.4. The number of rotatable bonds is 3. The van der Waals surface area contributed by atoms with Gasteiger partial charge in [0.05, 0.1) is 6.07 Å². The second-order valence-electron chi connectivity index (χ2n) is 2.70. The van der Waals surface area contributed by atoms with E-state index in [1.165, 1.54) is 6.20 Å². The molecule has 3 nitrogen and oxygen atoms in total. The maximum absolute atomic E-state index is 11.5. The molecule has 1 atom stereocenters. The van der Waals surface area contributed by atoms with Crippen LogP contribution in [0.2, 0.25) is 0 Å². The van der Waals surface area contributed by atoms with E-state index < -0.39 is 5.92 Å². The first-order chi connectivity index (χ1) is 6.29. The largest absolute Gasteiger partial charge is 0.293 e. The number of pyridine rings is 1. The summed E-state index contributed by atoms with van der Waals surface area (Å²) >= 11 is 0. The maximum Gasteiger partial charge on any atom is 0.181 e. The SMILES string of the molecule is CCC(C#N)C(=O)c1cccnc1. The third kappa shape index (κ3) is 2.12. The molecule has 0 spiro atoms. The molecule has 0 saturated heterocycles. The maximum atomic E-state index is 11.5. The number of aromatic nitrogens is 1. The summed E-state index contributed by atoms with van der Waals surface area (Å²) in [5.41, 5.74) is 0.510. The van der Waals surface area contributed by atoms with Crippen molar-refractivity contribution < 1.29 is 4.79 Å². The Morgan fingerprint density at radius 1 is 1.77 bits per heavy atom. The number of hydrogen-bond donors (Lipinski definition) is 0. The molecule has 0 aliphatic rings. The van der Waals surface area contributed by atoms with Crippen LogP contribution < -0.4 is 0 Å². The van der Waals surface area contributed by atoms with E-state index in [9.17, 15) is 4.79 Å². The minimum Gasteiger partial charge on any atom is -0.293 e. The highest BCUT2D eigenvalue weighted by atomic mass is 16.1. The fourth-order valence-corrected chi connectivity index (χ4v) is 1.05. The van der Waals surface area contributed by atoms with Crippen LogP contribution in [0.3, 0.4) is 0 Å². The molecule has 0 radical (unpaired) electrons. The van der Waals surface area contributed by atoms with E-state index in [0.29, 0.717) is 12.0 Å². The predicted molar refractivity (Wildman–Crippen MR) is 48.0 cm³/mol. The average Bonchev–Trinajstić information content (AvgIpc) is 2.21. The van der Waals surface area contributed by atoms with Gasteiger partial charge in [-0.3, -0.25) is 9.78 Å². The lowest BCUT2D eigenvalue weighted by Gasteiger charge is -2.03. The molecule has 0 amide bonds. The van der Waals surface area contributed by atoms with Crippen LogP contribution in [0.1, 0.15) is 23.7 Å². The zero-order valence-corrected chi connectivity index (χ0v) is 7.40. The summed E-state index contributed by atoms with van der Waals surface area (Å²) in [5.74, 6) is -0.678. The summed E-state index contributed by atoms with van der Waals surface area (Å²) in [6.45, 7) is 1.82. The lowest BCUT2D eigenvalue weighted by atomic mass is 9.98. The van der Waals surface area contributed by atoms with Crippen molar-refractivity contribution in [2.45, 2.75) is 13.3 Å². The number of Topliss-reactive ketones (excluding diaryl/α,β-unsaturated/α-hetero) is 1. The molecule has 1 heterocycles. The first-order valence-electron chi connectivity index (χ1n) is 4.13. The second-order valence-corrected chi connectivity index (χ2v) is 2.70. The van der Waals surface area contributed by atoms with E-state index in [0.717, 1.165) is 0 Å². The fraction of sp³-hybridized carbons (Fsp3) is 0.300. The first-order valence-corrected chi connectivity index (χ1v) is 4.13. The molecule has 0 aliphatic heterocycles. The molecule has 3 heteroatoms. The van der Waals surface area contributed by atoms with Crippen LogP contribution >= 0.6 is 0 Å². The molecule has 13 heavy (non-hydrogen) atoms. The van der Waals surface area contributed by atoms with Crippen LogP contribution in [0.4, 0.5) is 0 Å². The third-order valence-corrected chi connectivity index (χ3v) is 1.83. The molecular formula is C10H10N2O. The number of carbonyl (C=O) groups excluding carboxylic acids is 1. The highest BCUT2D eigenvalue weighted by molar-refractivity contribution is 5.98. The van der Waals surface area contributed by atoms with Crippen molar-refractivity contribution in [2.24, 2.45) is 5.92 Å². The van der Waals surface area contributed by atoms with Gasteiger partial charge in [0, 0.05) is 18.0 Å². The molecule has 0 aromatic carbocycles. The van der Waals surface area contributed by atoms with Gasteiger partial charge in [-0.1, -0.05) is 6.92 Å². The summed E-state index contributed by atoms with van der Waals surface area (Å²) in [6.07, 6.45) is 3.64. The lowest BCUT2D eigenvalue weighted by Crippen LogP contribution is -2.11. The van der Waals surface area contributed by atoms with Crippen LogP contribution in [0.25, 0.3) is 0 Å². The van der Waals surface area contributed by atoms with Crippen LogP contribution in [0.15, 0.2) is 24.5 Å². The van der Waals surface area contributed by atoms with Gasteiger partial charge in [0.15, 0.2) is 5.78 Å². The van der Waals surface area contributed by atoms with Gasteiger partial charge >= 0.3 is 0 Å². The number of nitrogens with zero attached hydrogens (tertiary/aromatic N) is 2. The van der Waals surface area contributed by atoms with Crippen molar-refractivity contribution in [3.05, 3.63) is 30.1 Å². The van der Waals surface area contributed by atoms with Crippen LogP contribution in [0, 0.1) is 17.2 Å². The Morgan fingerprint density at radius 2 is 2.54 bits per heavy atom. The van der Waals surface area contributed by atoms with Crippen LogP contribution in [-0.4, -0.2) is 10.8 Å².